The SMILES string of the molecule is C[C@@H](O)CN(Cc1ccc2c(c1)OCO2)Cc1cnn(-c2ccccc2)c1. The summed E-state index contributed by atoms with van der Waals surface area (Å²) >= 11 is 0. The first kappa shape index (κ1) is 17.6. The Morgan fingerprint density at radius 3 is 2.67 bits per heavy atom. The molecule has 1 aromatic heterocycles. The van der Waals surface area contributed by atoms with Crippen molar-refractivity contribution in [3.05, 3.63) is 72.1 Å². The van der Waals surface area contributed by atoms with Crippen molar-refractivity contribution in [2.75, 3.05) is 13.3 Å². The molecule has 0 radical (unpaired) electrons. The summed E-state index contributed by atoms with van der Waals surface area (Å²) in [5.74, 6) is 1.56. The molecule has 0 spiro atoms. The van der Waals surface area contributed by atoms with Crippen LogP contribution in [0, 0.1) is 0 Å². The predicted octanol–water partition coefficient (Wildman–Crippen LogP) is 2.98. The highest BCUT2D eigenvalue weighted by Crippen LogP contribution is 2.32. The average molecular weight is 365 g/mol. The third-order valence-electron chi connectivity index (χ3n) is 4.43. The molecule has 4 rings (SSSR count). The van der Waals surface area contributed by atoms with E-state index in [0.29, 0.717) is 19.6 Å². The maximum Gasteiger partial charge on any atom is 0.231 e. The number of fused-ring (bicyclic) bond motifs is 1. The number of para-hydroxylation sites is 1. The Bertz CT molecular complexity index is 893. The molecule has 6 nitrogen and oxygen atoms in total. The predicted molar refractivity (Wildman–Crippen MR) is 102 cm³/mol. The highest BCUT2D eigenvalue weighted by molar-refractivity contribution is 5.44. The minimum atomic E-state index is -0.414. The van der Waals surface area contributed by atoms with Gasteiger partial charge in [-0.25, -0.2) is 4.68 Å². The lowest BCUT2D eigenvalue weighted by Gasteiger charge is -2.23. The van der Waals surface area contributed by atoms with Gasteiger partial charge in [-0.2, -0.15) is 5.10 Å². The summed E-state index contributed by atoms with van der Waals surface area (Å²) < 4.78 is 12.7. The lowest BCUT2D eigenvalue weighted by molar-refractivity contribution is 0.118. The van der Waals surface area contributed by atoms with E-state index in [1.165, 1.54) is 0 Å². The van der Waals surface area contributed by atoms with Gasteiger partial charge in [-0.3, -0.25) is 4.90 Å². The Labute approximate surface area is 158 Å². The summed E-state index contributed by atoms with van der Waals surface area (Å²) in [5, 5.41) is 14.4. The molecule has 1 N–H and O–H groups in total. The molecule has 0 unspecified atom stereocenters. The van der Waals surface area contributed by atoms with E-state index < -0.39 is 6.10 Å². The van der Waals surface area contributed by atoms with E-state index in [4.69, 9.17) is 9.47 Å². The van der Waals surface area contributed by atoms with E-state index in [1.807, 2.05) is 65.6 Å². The van der Waals surface area contributed by atoms with Crippen LogP contribution in [0.4, 0.5) is 0 Å². The summed E-state index contributed by atoms with van der Waals surface area (Å²) in [6, 6.07) is 16.0. The summed E-state index contributed by atoms with van der Waals surface area (Å²) in [6.45, 7) is 4.06. The van der Waals surface area contributed by atoms with Crippen molar-refractivity contribution in [1.29, 1.82) is 0 Å². The van der Waals surface area contributed by atoms with Gasteiger partial charge < -0.3 is 14.6 Å². The number of nitrogens with zero attached hydrogens (tertiary/aromatic N) is 3. The number of hydrogen-bond donors (Lipinski definition) is 1. The van der Waals surface area contributed by atoms with Crippen molar-refractivity contribution < 1.29 is 14.6 Å². The highest BCUT2D eigenvalue weighted by Gasteiger charge is 2.16. The molecule has 1 atom stereocenters. The molecule has 140 valence electrons. The second-order valence-electron chi connectivity index (χ2n) is 6.83. The molecule has 2 aromatic carbocycles. The van der Waals surface area contributed by atoms with Crippen molar-refractivity contribution in [3.63, 3.8) is 0 Å². The zero-order valence-electron chi connectivity index (χ0n) is 15.3. The van der Waals surface area contributed by atoms with Crippen LogP contribution in [-0.4, -0.2) is 39.2 Å². The van der Waals surface area contributed by atoms with Crippen LogP contribution in [0.15, 0.2) is 60.9 Å². The second-order valence-corrected chi connectivity index (χ2v) is 6.83. The Balaban J connectivity index is 1.48. The third-order valence-corrected chi connectivity index (χ3v) is 4.43. The van der Waals surface area contributed by atoms with Crippen molar-refractivity contribution in [1.82, 2.24) is 14.7 Å². The van der Waals surface area contributed by atoms with Gasteiger partial charge in [-0.1, -0.05) is 24.3 Å². The van der Waals surface area contributed by atoms with E-state index in [1.54, 1.807) is 6.92 Å². The number of aromatic nitrogens is 2. The molecule has 0 fully saturated rings. The highest BCUT2D eigenvalue weighted by atomic mass is 16.7. The quantitative estimate of drug-likeness (QED) is 0.698. The molecule has 27 heavy (non-hydrogen) atoms. The number of hydrogen-bond acceptors (Lipinski definition) is 5. The van der Waals surface area contributed by atoms with Crippen LogP contribution in [0.5, 0.6) is 11.5 Å². The van der Waals surface area contributed by atoms with Gasteiger partial charge in [-0.15, -0.1) is 0 Å². The van der Waals surface area contributed by atoms with Crippen molar-refractivity contribution >= 4 is 0 Å². The molecule has 0 aliphatic carbocycles. The number of ether oxygens (including phenoxy) is 2. The van der Waals surface area contributed by atoms with Gasteiger partial charge in [0, 0.05) is 31.4 Å². The van der Waals surface area contributed by atoms with Crippen LogP contribution in [0.2, 0.25) is 0 Å². The first-order valence-corrected chi connectivity index (χ1v) is 9.05. The molecule has 1 aliphatic heterocycles. The Kier molecular flexibility index (Phi) is 5.09. The van der Waals surface area contributed by atoms with E-state index in [0.717, 1.165) is 28.3 Å². The zero-order chi connectivity index (χ0) is 18.6. The van der Waals surface area contributed by atoms with Gasteiger partial charge in [-0.05, 0) is 36.8 Å². The minimum absolute atomic E-state index is 0.273. The average Bonchev–Trinajstić information content (AvgIpc) is 3.31. The van der Waals surface area contributed by atoms with E-state index >= 15 is 0 Å². The fraction of sp³-hybridized carbons (Fsp3) is 0.286. The van der Waals surface area contributed by atoms with Gasteiger partial charge in [0.1, 0.15) is 0 Å². The molecule has 0 bridgehead atoms. The van der Waals surface area contributed by atoms with Gasteiger partial charge in [0.2, 0.25) is 6.79 Å². The molecule has 0 saturated heterocycles. The van der Waals surface area contributed by atoms with Crippen LogP contribution in [0.1, 0.15) is 18.1 Å². The van der Waals surface area contributed by atoms with Crippen molar-refractivity contribution in [3.8, 4) is 17.2 Å². The van der Waals surface area contributed by atoms with Gasteiger partial charge >= 0.3 is 0 Å². The van der Waals surface area contributed by atoms with E-state index in [2.05, 4.69) is 10.00 Å². The third kappa shape index (κ3) is 4.30. The van der Waals surface area contributed by atoms with Crippen LogP contribution < -0.4 is 9.47 Å². The normalized spacial score (nSPS) is 13.9. The fourth-order valence-corrected chi connectivity index (χ4v) is 3.28. The monoisotopic (exact) mass is 365 g/mol. The topological polar surface area (TPSA) is 59.8 Å². The molecular formula is C21H23N3O3. The smallest absolute Gasteiger partial charge is 0.231 e. The first-order valence-electron chi connectivity index (χ1n) is 9.05. The molecule has 0 saturated carbocycles. The lowest BCUT2D eigenvalue weighted by atomic mass is 10.1. The summed E-state index contributed by atoms with van der Waals surface area (Å²) in [5.41, 5.74) is 3.25. The maximum atomic E-state index is 9.91. The van der Waals surface area contributed by atoms with Gasteiger partial charge in [0.05, 0.1) is 18.0 Å². The van der Waals surface area contributed by atoms with Crippen LogP contribution >= 0.6 is 0 Å². The molecule has 2 heterocycles. The maximum absolute atomic E-state index is 9.91. The zero-order valence-corrected chi connectivity index (χ0v) is 15.3. The summed E-state index contributed by atoms with van der Waals surface area (Å²) in [6.07, 6.45) is 3.49. The van der Waals surface area contributed by atoms with E-state index in [-0.39, 0.29) is 6.79 Å². The Morgan fingerprint density at radius 2 is 1.85 bits per heavy atom. The minimum Gasteiger partial charge on any atom is -0.454 e. The number of benzene rings is 2. The van der Waals surface area contributed by atoms with Gasteiger partial charge in [0.15, 0.2) is 11.5 Å². The van der Waals surface area contributed by atoms with Crippen molar-refractivity contribution in [2.24, 2.45) is 0 Å². The Hall–Kier alpha value is -2.83. The molecular weight excluding hydrogens is 342 g/mol. The summed E-state index contributed by atoms with van der Waals surface area (Å²) in [7, 11) is 0. The summed E-state index contributed by atoms with van der Waals surface area (Å²) in [4.78, 5) is 2.20. The van der Waals surface area contributed by atoms with Gasteiger partial charge in [0.25, 0.3) is 0 Å². The van der Waals surface area contributed by atoms with Crippen LogP contribution in [-0.2, 0) is 13.1 Å². The number of rotatable bonds is 7. The first-order chi connectivity index (χ1) is 13.2. The molecule has 1 aliphatic rings. The number of aliphatic hydroxyl groups excluding tert-OH is 1. The molecule has 0 amide bonds. The Morgan fingerprint density at radius 1 is 1.07 bits per heavy atom. The van der Waals surface area contributed by atoms with Crippen molar-refractivity contribution in [2.45, 2.75) is 26.1 Å². The fourth-order valence-electron chi connectivity index (χ4n) is 3.28. The second kappa shape index (κ2) is 7.82. The molecule has 6 heteroatoms. The largest absolute Gasteiger partial charge is 0.454 e. The van der Waals surface area contributed by atoms with E-state index in [9.17, 15) is 5.11 Å². The standard InChI is InChI=1S/C21H23N3O3/c1-16(25)11-23(12-17-7-8-20-21(9-17)27-15-26-20)13-18-10-22-24(14-18)19-5-3-2-4-6-19/h2-10,14,16,25H,11-13,15H2,1H3/t16-/m1/s1. The van der Waals surface area contributed by atoms with Crippen LogP contribution in [0.25, 0.3) is 5.69 Å². The number of aliphatic hydroxyl groups is 1. The lowest BCUT2D eigenvalue weighted by Crippen LogP contribution is -2.30. The van der Waals surface area contributed by atoms with Crippen LogP contribution in [0.3, 0.4) is 0 Å². The molecule has 3 aromatic rings.